The van der Waals surface area contributed by atoms with Crippen LogP contribution in [0.1, 0.15) is 24.8 Å². The van der Waals surface area contributed by atoms with Gasteiger partial charge in [-0.2, -0.15) is 0 Å². The van der Waals surface area contributed by atoms with Crippen molar-refractivity contribution in [3.8, 4) is 5.88 Å². The van der Waals surface area contributed by atoms with Gasteiger partial charge in [0.2, 0.25) is 11.8 Å². The molecule has 0 radical (unpaired) electrons. The molecule has 5 atom stereocenters. The first-order valence-electron chi connectivity index (χ1n) is 10.2. The largest absolute Gasteiger partial charge is 0.481 e. The van der Waals surface area contributed by atoms with Crippen molar-refractivity contribution in [3.05, 3.63) is 23.9 Å². The van der Waals surface area contributed by atoms with Crippen LogP contribution in [0.25, 0.3) is 0 Å². The molecule has 3 saturated heterocycles. The highest BCUT2D eigenvalue weighted by Gasteiger charge is 2.51. The maximum atomic E-state index is 13.3. The zero-order valence-corrected chi connectivity index (χ0v) is 16.8. The lowest BCUT2D eigenvalue weighted by atomic mass is 10.1. The number of carbonyl (C=O) groups is 1. The zero-order chi connectivity index (χ0) is 21.3. The average molecular weight is 427 g/mol. The number of fused-ring (bicyclic) bond motifs is 1. The van der Waals surface area contributed by atoms with Crippen molar-refractivity contribution in [1.82, 2.24) is 15.2 Å². The first-order chi connectivity index (χ1) is 14.4. The van der Waals surface area contributed by atoms with Gasteiger partial charge in [-0.05, 0) is 6.07 Å². The van der Waals surface area contributed by atoms with Crippen LogP contribution in [-0.4, -0.2) is 84.1 Å². The van der Waals surface area contributed by atoms with Gasteiger partial charge < -0.3 is 29.5 Å². The molecule has 3 aliphatic rings. The highest BCUT2D eigenvalue weighted by atomic mass is 19.3. The van der Waals surface area contributed by atoms with Crippen molar-refractivity contribution in [2.75, 3.05) is 26.7 Å². The summed E-state index contributed by atoms with van der Waals surface area (Å²) in [5.74, 6) is -2.60. The van der Waals surface area contributed by atoms with Crippen molar-refractivity contribution in [2.45, 2.75) is 62.2 Å². The van der Waals surface area contributed by atoms with Gasteiger partial charge in [-0.3, -0.25) is 4.79 Å². The second-order valence-corrected chi connectivity index (χ2v) is 8.09. The van der Waals surface area contributed by atoms with Crippen LogP contribution in [0.15, 0.2) is 18.3 Å². The molecule has 0 spiro atoms. The van der Waals surface area contributed by atoms with E-state index in [4.69, 9.17) is 14.2 Å². The Kier molecular flexibility index (Phi) is 6.19. The number of halogens is 2. The smallest absolute Gasteiger partial charge is 0.267 e. The van der Waals surface area contributed by atoms with Crippen LogP contribution in [-0.2, 0) is 20.8 Å². The van der Waals surface area contributed by atoms with Gasteiger partial charge in [0.1, 0.15) is 12.2 Å². The summed E-state index contributed by atoms with van der Waals surface area (Å²) in [7, 11) is 1.56. The van der Waals surface area contributed by atoms with E-state index in [1.54, 1.807) is 13.3 Å². The fourth-order valence-corrected chi connectivity index (χ4v) is 4.37. The molecule has 0 aromatic carbocycles. The number of aliphatic hydroxyl groups is 1. The highest BCUT2D eigenvalue weighted by molar-refractivity contribution is 5.77. The number of likely N-dealkylation sites (tertiary alicyclic amines) is 1. The Bertz CT molecular complexity index is 768. The number of pyridine rings is 1. The van der Waals surface area contributed by atoms with E-state index in [0.29, 0.717) is 25.4 Å². The Morgan fingerprint density at radius 3 is 3.00 bits per heavy atom. The summed E-state index contributed by atoms with van der Waals surface area (Å²) in [6.45, 7) is 0.472. The molecule has 3 fully saturated rings. The molecule has 4 heterocycles. The van der Waals surface area contributed by atoms with Crippen LogP contribution >= 0.6 is 0 Å². The van der Waals surface area contributed by atoms with Crippen molar-refractivity contribution < 1.29 is 32.9 Å². The number of rotatable bonds is 7. The van der Waals surface area contributed by atoms with Crippen LogP contribution < -0.4 is 10.1 Å². The number of amides is 1. The van der Waals surface area contributed by atoms with Gasteiger partial charge in [0.25, 0.3) is 5.92 Å². The lowest BCUT2D eigenvalue weighted by Crippen LogP contribution is -2.39. The Morgan fingerprint density at radius 1 is 1.47 bits per heavy atom. The molecular formula is C20H27F2N3O5. The van der Waals surface area contributed by atoms with Gasteiger partial charge in [0.15, 0.2) is 0 Å². The molecule has 10 heteroatoms. The van der Waals surface area contributed by atoms with E-state index in [0.717, 1.165) is 5.56 Å². The number of nitrogens with one attached hydrogen (secondary N) is 1. The molecule has 8 nitrogen and oxygen atoms in total. The summed E-state index contributed by atoms with van der Waals surface area (Å²) in [4.78, 5) is 17.6. The topological polar surface area (TPSA) is 93.2 Å². The fourth-order valence-electron chi connectivity index (χ4n) is 4.37. The third-order valence-corrected chi connectivity index (χ3v) is 5.91. The lowest BCUT2D eigenvalue weighted by molar-refractivity contribution is -0.135. The molecule has 1 aromatic rings. The predicted octanol–water partition coefficient (Wildman–Crippen LogP) is 0.723. The number of alkyl halides is 2. The maximum absolute atomic E-state index is 13.3. The third kappa shape index (κ3) is 4.56. The minimum atomic E-state index is -2.80. The Balaban J connectivity index is 1.22. The first-order valence-corrected chi connectivity index (χ1v) is 10.2. The molecule has 5 unspecified atom stereocenters. The van der Waals surface area contributed by atoms with Crippen LogP contribution in [0.3, 0.4) is 0 Å². The number of methoxy groups -OCH3 is 1. The van der Waals surface area contributed by atoms with Crippen LogP contribution in [0.2, 0.25) is 0 Å². The summed E-state index contributed by atoms with van der Waals surface area (Å²) >= 11 is 0. The van der Waals surface area contributed by atoms with Gasteiger partial charge in [0, 0.05) is 44.2 Å². The van der Waals surface area contributed by atoms with Crippen LogP contribution in [0, 0.1) is 0 Å². The summed E-state index contributed by atoms with van der Waals surface area (Å²) in [6.07, 6.45) is -0.651. The molecule has 0 bridgehead atoms. The normalized spacial score (nSPS) is 32.4. The predicted molar refractivity (Wildman–Crippen MR) is 101 cm³/mol. The molecule has 4 rings (SSSR count). The van der Waals surface area contributed by atoms with Gasteiger partial charge in [-0.25, -0.2) is 13.8 Å². The van der Waals surface area contributed by atoms with Crippen molar-refractivity contribution in [1.29, 1.82) is 0 Å². The SMILES string of the molecule is COc1ncccc1CNCC1OC2CC(CC(=O)N3CCC(F)(F)C3)OC2C1O. The fraction of sp³-hybridized carbons (Fsp3) is 0.700. The number of carbonyl (C=O) groups excluding carboxylic acids is 1. The average Bonchev–Trinajstić information content (AvgIpc) is 3.36. The van der Waals surface area contributed by atoms with E-state index >= 15 is 0 Å². The second-order valence-electron chi connectivity index (χ2n) is 8.09. The van der Waals surface area contributed by atoms with Crippen LogP contribution in [0.5, 0.6) is 5.88 Å². The van der Waals surface area contributed by atoms with E-state index in [1.807, 2.05) is 12.1 Å². The van der Waals surface area contributed by atoms with E-state index in [9.17, 15) is 18.7 Å². The standard InChI is InChI=1S/C20H27F2N3O5/c1-28-19-12(3-2-5-24-19)9-23-10-15-17(27)18-14(30-15)7-13(29-18)8-16(26)25-6-4-20(21,22)11-25/h2-3,5,13-15,17-18,23,27H,4,6-11H2,1H3. The Hall–Kier alpha value is -1.88. The summed E-state index contributed by atoms with van der Waals surface area (Å²) < 4.78 is 43.6. The second kappa shape index (κ2) is 8.70. The monoisotopic (exact) mass is 427 g/mol. The van der Waals surface area contributed by atoms with Crippen molar-refractivity contribution in [3.63, 3.8) is 0 Å². The maximum Gasteiger partial charge on any atom is 0.267 e. The number of hydrogen-bond donors (Lipinski definition) is 2. The summed E-state index contributed by atoms with van der Waals surface area (Å²) in [6, 6.07) is 3.73. The van der Waals surface area contributed by atoms with E-state index in [-0.39, 0.29) is 31.4 Å². The Morgan fingerprint density at radius 2 is 2.30 bits per heavy atom. The number of aliphatic hydroxyl groups excluding tert-OH is 1. The van der Waals surface area contributed by atoms with E-state index in [1.165, 1.54) is 4.90 Å². The number of aromatic nitrogens is 1. The molecule has 2 N–H and O–H groups in total. The first kappa shape index (κ1) is 21.4. The quantitative estimate of drug-likeness (QED) is 0.663. The minimum absolute atomic E-state index is 0.0306. The summed E-state index contributed by atoms with van der Waals surface area (Å²) in [5.41, 5.74) is 0.898. The summed E-state index contributed by atoms with van der Waals surface area (Å²) in [5, 5.41) is 13.8. The van der Waals surface area contributed by atoms with E-state index in [2.05, 4.69) is 10.3 Å². The minimum Gasteiger partial charge on any atom is -0.481 e. The highest BCUT2D eigenvalue weighted by Crippen LogP contribution is 2.36. The van der Waals surface area contributed by atoms with Crippen LogP contribution in [0.4, 0.5) is 8.78 Å². The third-order valence-electron chi connectivity index (χ3n) is 5.91. The lowest BCUT2D eigenvalue weighted by Gasteiger charge is -2.22. The number of hydrogen-bond acceptors (Lipinski definition) is 7. The van der Waals surface area contributed by atoms with Gasteiger partial charge in [0.05, 0.1) is 38.4 Å². The Labute approximate surface area is 173 Å². The number of nitrogens with zero attached hydrogens (tertiary/aromatic N) is 2. The molecular weight excluding hydrogens is 400 g/mol. The molecule has 1 amide bonds. The molecule has 0 saturated carbocycles. The molecule has 166 valence electrons. The van der Waals surface area contributed by atoms with E-state index < -0.39 is 36.9 Å². The molecule has 3 aliphatic heterocycles. The van der Waals surface area contributed by atoms with Gasteiger partial charge >= 0.3 is 0 Å². The molecule has 30 heavy (non-hydrogen) atoms. The molecule has 1 aromatic heterocycles. The van der Waals surface area contributed by atoms with Gasteiger partial charge in [-0.15, -0.1) is 0 Å². The number of ether oxygens (including phenoxy) is 3. The van der Waals surface area contributed by atoms with Crippen molar-refractivity contribution in [2.24, 2.45) is 0 Å². The zero-order valence-electron chi connectivity index (χ0n) is 16.8. The van der Waals surface area contributed by atoms with Crippen molar-refractivity contribution >= 4 is 5.91 Å². The molecule has 0 aliphatic carbocycles. The van der Waals surface area contributed by atoms with Gasteiger partial charge in [-0.1, -0.05) is 6.07 Å².